The zero-order valence-electron chi connectivity index (χ0n) is 10.6. The highest BCUT2D eigenvalue weighted by Crippen LogP contribution is 2.34. The van der Waals surface area contributed by atoms with Crippen molar-refractivity contribution in [3.8, 4) is 0 Å². The Bertz CT molecular complexity index is 450. The molecule has 4 unspecified atom stereocenters. The summed E-state index contributed by atoms with van der Waals surface area (Å²) < 4.78 is 10.4. The van der Waals surface area contributed by atoms with E-state index in [-0.39, 0.29) is 30.4 Å². The number of carbonyl (C=O) groups excluding carboxylic acids is 2. The van der Waals surface area contributed by atoms with Crippen LogP contribution in [0.25, 0.3) is 0 Å². The van der Waals surface area contributed by atoms with Gasteiger partial charge in [-0.15, -0.1) is 0 Å². The van der Waals surface area contributed by atoms with Crippen LogP contribution in [0.15, 0.2) is 0 Å². The van der Waals surface area contributed by atoms with Gasteiger partial charge >= 0.3 is 12.1 Å². The Morgan fingerprint density at radius 1 is 1.26 bits per heavy atom. The van der Waals surface area contributed by atoms with E-state index in [9.17, 15) is 9.59 Å². The monoisotopic (exact) mass is 268 g/mol. The van der Waals surface area contributed by atoms with Crippen molar-refractivity contribution >= 4 is 12.1 Å². The van der Waals surface area contributed by atoms with E-state index in [2.05, 4.69) is 10.6 Å². The molecule has 0 radical (unpaired) electrons. The van der Waals surface area contributed by atoms with Crippen LogP contribution in [0.4, 0.5) is 9.59 Å². The molecule has 0 aromatic carbocycles. The van der Waals surface area contributed by atoms with Crippen molar-refractivity contribution in [2.75, 3.05) is 26.3 Å². The van der Waals surface area contributed by atoms with Crippen molar-refractivity contribution in [3.05, 3.63) is 0 Å². The van der Waals surface area contributed by atoms with Crippen molar-refractivity contribution < 1.29 is 19.1 Å². The Balaban J connectivity index is 1.61. The van der Waals surface area contributed by atoms with Crippen LogP contribution in [-0.4, -0.2) is 72.2 Å². The van der Waals surface area contributed by atoms with Crippen LogP contribution in [0.3, 0.4) is 0 Å². The van der Waals surface area contributed by atoms with Gasteiger partial charge in [0.25, 0.3) is 0 Å². The predicted molar refractivity (Wildman–Crippen MR) is 62.1 cm³/mol. The van der Waals surface area contributed by atoms with Gasteiger partial charge in [-0.25, -0.2) is 9.59 Å². The number of amides is 4. The van der Waals surface area contributed by atoms with Gasteiger partial charge in [-0.3, -0.25) is 9.80 Å². The molecule has 0 bridgehead atoms. The molecular formula is C11H16N4O4. The van der Waals surface area contributed by atoms with Crippen LogP contribution in [0.1, 0.15) is 6.92 Å². The molecular weight excluding hydrogens is 252 g/mol. The van der Waals surface area contributed by atoms with E-state index in [1.165, 1.54) is 0 Å². The minimum Gasteiger partial charge on any atom is -0.371 e. The van der Waals surface area contributed by atoms with E-state index >= 15 is 0 Å². The van der Waals surface area contributed by atoms with E-state index in [1.54, 1.807) is 9.80 Å². The second kappa shape index (κ2) is 3.51. The molecule has 2 N–H and O–H groups in total. The first kappa shape index (κ1) is 11.3. The second-order valence-corrected chi connectivity index (χ2v) is 5.60. The molecule has 4 amide bonds. The molecule has 4 fully saturated rings. The van der Waals surface area contributed by atoms with Crippen molar-refractivity contribution in [2.24, 2.45) is 0 Å². The first-order valence-electron chi connectivity index (χ1n) is 6.48. The van der Waals surface area contributed by atoms with Gasteiger partial charge in [-0.1, -0.05) is 0 Å². The summed E-state index contributed by atoms with van der Waals surface area (Å²) in [7, 11) is 0. The maximum Gasteiger partial charge on any atom is 0.323 e. The minimum absolute atomic E-state index is 0.0778. The molecule has 104 valence electrons. The van der Waals surface area contributed by atoms with E-state index in [4.69, 9.17) is 9.47 Å². The number of nitrogens with zero attached hydrogens (tertiary/aromatic N) is 2. The van der Waals surface area contributed by atoms with Gasteiger partial charge in [0.2, 0.25) is 0 Å². The lowest BCUT2D eigenvalue weighted by Gasteiger charge is -2.31. The van der Waals surface area contributed by atoms with Crippen LogP contribution in [0.2, 0.25) is 0 Å². The number of ether oxygens (including phenoxy) is 2. The van der Waals surface area contributed by atoms with Crippen molar-refractivity contribution in [1.29, 1.82) is 0 Å². The number of epoxide rings is 2. The van der Waals surface area contributed by atoms with Gasteiger partial charge in [0, 0.05) is 0 Å². The average Bonchev–Trinajstić information content (AvgIpc) is 3.23. The van der Waals surface area contributed by atoms with Crippen LogP contribution in [0.5, 0.6) is 0 Å². The summed E-state index contributed by atoms with van der Waals surface area (Å²) in [4.78, 5) is 27.5. The normalized spacial score (nSPS) is 43.1. The number of hydrogen-bond acceptors (Lipinski definition) is 4. The lowest BCUT2D eigenvalue weighted by atomic mass is 10.1. The van der Waals surface area contributed by atoms with Gasteiger partial charge in [-0.05, 0) is 6.92 Å². The van der Waals surface area contributed by atoms with Crippen molar-refractivity contribution in [3.63, 3.8) is 0 Å². The summed E-state index contributed by atoms with van der Waals surface area (Å²) in [5.74, 6) is 0. The highest BCUT2D eigenvalue weighted by atomic mass is 16.6. The topological polar surface area (TPSA) is 89.7 Å². The van der Waals surface area contributed by atoms with Crippen molar-refractivity contribution in [1.82, 2.24) is 20.4 Å². The SMILES string of the molecule is CC12NC(=O)NC1N(CC1CO1)C(=O)N2CC1CO1. The third-order valence-corrected chi connectivity index (χ3v) is 4.11. The van der Waals surface area contributed by atoms with E-state index in [0.29, 0.717) is 26.3 Å². The molecule has 4 heterocycles. The Hall–Kier alpha value is -1.54. The number of nitrogens with one attached hydrogen (secondary N) is 2. The summed E-state index contributed by atoms with van der Waals surface area (Å²) in [6.45, 7) is 4.25. The molecule has 19 heavy (non-hydrogen) atoms. The Morgan fingerprint density at radius 3 is 2.53 bits per heavy atom. The van der Waals surface area contributed by atoms with Crippen molar-refractivity contribution in [2.45, 2.75) is 31.0 Å². The molecule has 8 nitrogen and oxygen atoms in total. The molecule has 4 saturated heterocycles. The fourth-order valence-corrected chi connectivity index (χ4v) is 2.88. The summed E-state index contributed by atoms with van der Waals surface area (Å²) >= 11 is 0. The van der Waals surface area contributed by atoms with E-state index in [1.807, 2.05) is 6.92 Å². The maximum atomic E-state index is 12.5. The Morgan fingerprint density at radius 2 is 1.89 bits per heavy atom. The van der Waals surface area contributed by atoms with Gasteiger partial charge in [-0.2, -0.15) is 0 Å². The molecule has 0 aromatic heterocycles. The highest BCUT2D eigenvalue weighted by molar-refractivity contribution is 5.86. The largest absolute Gasteiger partial charge is 0.371 e. The summed E-state index contributed by atoms with van der Waals surface area (Å²) in [6.07, 6.45) is -0.158. The zero-order valence-corrected chi connectivity index (χ0v) is 10.6. The lowest BCUT2D eigenvalue weighted by molar-refractivity contribution is 0.134. The third kappa shape index (κ3) is 1.67. The number of urea groups is 2. The van der Waals surface area contributed by atoms with Crippen LogP contribution < -0.4 is 10.6 Å². The first-order valence-corrected chi connectivity index (χ1v) is 6.48. The molecule has 0 aliphatic carbocycles. The number of hydrogen-bond donors (Lipinski definition) is 2. The molecule has 4 aliphatic heterocycles. The Kier molecular flexibility index (Phi) is 2.09. The van der Waals surface area contributed by atoms with Gasteiger partial charge in [0.15, 0.2) is 5.66 Å². The summed E-state index contributed by atoms with van der Waals surface area (Å²) in [5.41, 5.74) is -0.713. The standard InChI is InChI=1S/C11H16N4O4/c1-11-8(12-9(16)13-11)14(2-6-4-18-6)10(17)15(11)3-7-5-19-7/h6-8H,2-5H2,1H3,(H2,12,13,16). The van der Waals surface area contributed by atoms with Gasteiger partial charge in [0.05, 0.1) is 38.5 Å². The highest BCUT2D eigenvalue weighted by Gasteiger charge is 2.61. The van der Waals surface area contributed by atoms with Crippen LogP contribution in [0, 0.1) is 0 Å². The molecule has 4 rings (SSSR count). The van der Waals surface area contributed by atoms with E-state index < -0.39 is 5.66 Å². The number of carbonyl (C=O) groups is 2. The lowest BCUT2D eigenvalue weighted by Crippen LogP contribution is -2.56. The minimum atomic E-state index is -0.713. The number of fused-ring (bicyclic) bond motifs is 1. The molecule has 4 aliphatic rings. The number of rotatable bonds is 4. The summed E-state index contributed by atoms with van der Waals surface area (Å²) in [6, 6.07) is -0.325. The molecule has 0 aromatic rings. The summed E-state index contributed by atoms with van der Waals surface area (Å²) in [5, 5.41) is 5.66. The molecule has 4 atom stereocenters. The Labute approximate surface area is 110 Å². The maximum absolute atomic E-state index is 12.5. The molecule has 8 heteroatoms. The fraction of sp³-hybridized carbons (Fsp3) is 0.818. The van der Waals surface area contributed by atoms with Gasteiger partial charge in [0.1, 0.15) is 6.17 Å². The second-order valence-electron chi connectivity index (χ2n) is 5.60. The van der Waals surface area contributed by atoms with Gasteiger partial charge < -0.3 is 20.1 Å². The molecule has 0 spiro atoms. The smallest absolute Gasteiger partial charge is 0.323 e. The van der Waals surface area contributed by atoms with Crippen LogP contribution in [-0.2, 0) is 9.47 Å². The quantitative estimate of drug-likeness (QED) is 0.632. The zero-order chi connectivity index (χ0) is 13.2. The molecule has 0 saturated carbocycles. The average molecular weight is 268 g/mol. The first-order chi connectivity index (χ1) is 9.08. The van der Waals surface area contributed by atoms with Crippen LogP contribution >= 0.6 is 0 Å². The fourth-order valence-electron chi connectivity index (χ4n) is 2.88. The van der Waals surface area contributed by atoms with E-state index in [0.717, 1.165) is 0 Å². The third-order valence-electron chi connectivity index (χ3n) is 4.11. The predicted octanol–water partition coefficient (Wildman–Crippen LogP) is -1.12.